The molecule has 0 bridgehead atoms. The van der Waals surface area contributed by atoms with E-state index in [1.54, 1.807) is 28.9 Å². The van der Waals surface area contributed by atoms with Gasteiger partial charge in [0.05, 0.1) is 23.6 Å². The van der Waals surface area contributed by atoms with E-state index < -0.39 is 21.9 Å². The molecule has 0 spiro atoms. The Bertz CT molecular complexity index is 865. The van der Waals surface area contributed by atoms with Crippen molar-refractivity contribution in [1.29, 1.82) is 0 Å². The number of hydrogen-bond donors (Lipinski definition) is 1. The monoisotopic (exact) mass is 394 g/mol. The highest BCUT2D eigenvalue weighted by Crippen LogP contribution is 2.30. The van der Waals surface area contributed by atoms with Crippen molar-refractivity contribution in [1.82, 2.24) is 9.80 Å². The first-order valence-corrected chi connectivity index (χ1v) is 11.0. The molecule has 2 atom stereocenters. The van der Waals surface area contributed by atoms with Crippen LogP contribution in [0.5, 0.6) is 5.75 Å². The highest BCUT2D eigenvalue weighted by molar-refractivity contribution is 7.91. The van der Waals surface area contributed by atoms with E-state index in [4.69, 9.17) is 0 Å². The molecule has 27 heavy (non-hydrogen) atoms. The first-order valence-electron chi connectivity index (χ1n) is 9.20. The Morgan fingerprint density at radius 1 is 1.15 bits per heavy atom. The Morgan fingerprint density at radius 3 is 2.37 bits per heavy atom. The van der Waals surface area contributed by atoms with Crippen LogP contribution in [0.4, 0.5) is 0 Å². The minimum atomic E-state index is -3.33. The van der Waals surface area contributed by atoms with E-state index in [-0.39, 0.29) is 41.5 Å². The number of nitrogens with zero attached hydrogens (tertiary/aromatic N) is 2. The largest absolute Gasteiger partial charge is 0.508 e. The Labute approximate surface area is 159 Å². The molecule has 1 N–H and O–H groups in total. The first kappa shape index (κ1) is 19.7. The van der Waals surface area contributed by atoms with Gasteiger partial charge in [-0.25, -0.2) is 8.42 Å². The topological polar surface area (TPSA) is 95.0 Å². The number of fused-ring (bicyclic) bond motifs is 1. The summed E-state index contributed by atoms with van der Waals surface area (Å²) in [4.78, 5) is 28.9. The molecule has 2 fully saturated rings. The van der Waals surface area contributed by atoms with Crippen molar-refractivity contribution in [3.8, 4) is 5.75 Å². The fourth-order valence-electron chi connectivity index (χ4n) is 3.99. The zero-order chi connectivity index (χ0) is 19.9. The molecule has 148 valence electrons. The number of sulfone groups is 1. The van der Waals surface area contributed by atoms with Gasteiger partial charge in [0.25, 0.3) is 5.91 Å². The first-order chi connectivity index (χ1) is 12.6. The molecule has 7 nitrogen and oxygen atoms in total. The van der Waals surface area contributed by atoms with Crippen molar-refractivity contribution >= 4 is 21.7 Å². The number of rotatable bonds is 3. The lowest BCUT2D eigenvalue weighted by molar-refractivity contribution is -0.137. The summed E-state index contributed by atoms with van der Waals surface area (Å²) in [5, 5.41) is 9.90. The van der Waals surface area contributed by atoms with E-state index in [1.807, 2.05) is 13.8 Å². The van der Waals surface area contributed by atoms with Crippen LogP contribution in [0.1, 0.15) is 36.2 Å². The lowest BCUT2D eigenvalue weighted by atomic mass is 9.99. The molecule has 0 aromatic heterocycles. The van der Waals surface area contributed by atoms with Crippen LogP contribution >= 0.6 is 0 Å². The van der Waals surface area contributed by atoms with E-state index in [9.17, 15) is 23.1 Å². The van der Waals surface area contributed by atoms with Gasteiger partial charge < -0.3 is 14.9 Å². The summed E-state index contributed by atoms with van der Waals surface area (Å²) in [7, 11) is -3.33. The van der Waals surface area contributed by atoms with Crippen molar-refractivity contribution in [2.24, 2.45) is 5.92 Å². The summed E-state index contributed by atoms with van der Waals surface area (Å²) in [6, 6.07) is 3.69. The zero-order valence-corrected chi connectivity index (χ0v) is 16.7. The fraction of sp³-hybridized carbons (Fsp3) is 0.579. The average Bonchev–Trinajstić information content (AvgIpc) is 2.89. The third-order valence-electron chi connectivity index (χ3n) is 5.38. The van der Waals surface area contributed by atoms with Crippen molar-refractivity contribution < 1.29 is 23.1 Å². The highest BCUT2D eigenvalue weighted by Gasteiger charge is 2.49. The van der Waals surface area contributed by atoms with Gasteiger partial charge >= 0.3 is 0 Å². The summed E-state index contributed by atoms with van der Waals surface area (Å²) in [5.41, 5.74) is 0.832. The summed E-state index contributed by atoms with van der Waals surface area (Å²) in [5.74, 6) is -0.383. The molecule has 3 rings (SSSR count). The average molecular weight is 394 g/mol. The third kappa shape index (κ3) is 3.81. The number of phenols is 1. The molecule has 2 heterocycles. The van der Waals surface area contributed by atoms with Crippen LogP contribution in [0.2, 0.25) is 0 Å². The fourth-order valence-corrected chi connectivity index (χ4v) is 5.97. The maximum atomic E-state index is 13.1. The number of benzene rings is 1. The molecule has 0 saturated carbocycles. The Hall–Kier alpha value is -2.09. The van der Waals surface area contributed by atoms with Crippen LogP contribution in [-0.2, 0) is 14.6 Å². The molecule has 0 aliphatic carbocycles. The Balaban J connectivity index is 1.90. The lowest BCUT2D eigenvalue weighted by Crippen LogP contribution is -2.62. The van der Waals surface area contributed by atoms with Crippen molar-refractivity contribution in [2.75, 3.05) is 24.6 Å². The number of hydrogen-bond acceptors (Lipinski definition) is 5. The van der Waals surface area contributed by atoms with E-state index in [0.29, 0.717) is 24.1 Å². The molecule has 1 aromatic rings. The van der Waals surface area contributed by atoms with E-state index in [2.05, 4.69) is 0 Å². The number of carbonyl (C=O) groups excluding carboxylic acids is 2. The molecule has 0 unspecified atom stereocenters. The predicted molar refractivity (Wildman–Crippen MR) is 101 cm³/mol. The van der Waals surface area contributed by atoms with E-state index in [1.165, 1.54) is 6.07 Å². The minimum absolute atomic E-state index is 0.0298. The van der Waals surface area contributed by atoms with Crippen LogP contribution in [0.25, 0.3) is 0 Å². The summed E-state index contributed by atoms with van der Waals surface area (Å²) in [6.45, 7) is 6.17. The summed E-state index contributed by atoms with van der Waals surface area (Å²) < 4.78 is 24.6. The minimum Gasteiger partial charge on any atom is -0.508 e. The van der Waals surface area contributed by atoms with Crippen LogP contribution < -0.4 is 0 Å². The lowest BCUT2D eigenvalue weighted by Gasteiger charge is -2.44. The molecule has 2 saturated heterocycles. The van der Waals surface area contributed by atoms with E-state index in [0.717, 1.165) is 0 Å². The van der Waals surface area contributed by atoms with Gasteiger partial charge in [-0.1, -0.05) is 19.9 Å². The van der Waals surface area contributed by atoms with Crippen LogP contribution in [0.15, 0.2) is 18.2 Å². The quantitative estimate of drug-likeness (QED) is 0.831. The number of amides is 2. The van der Waals surface area contributed by atoms with Gasteiger partial charge in [-0.15, -0.1) is 0 Å². The molecule has 1 aromatic carbocycles. The molecule has 8 heteroatoms. The number of aromatic hydroxyl groups is 1. The highest BCUT2D eigenvalue weighted by atomic mass is 32.2. The number of phenolic OH excluding ortho intramolecular Hbond substituents is 1. The van der Waals surface area contributed by atoms with Gasteiger partial charge in [-0.3, -0.25) is 9.59 Å². The van der Waals surface area contributed by atoms with Crippen molar-refractivity contribution in [2.45, 2.75) is 39.3 Å². The standard InChI is InChI=1S/C19H26N2O5S/c1-12(2)9-18(23)20-7-8-21(16-11-27(25,26)10-15(16)20)19(24)14-5-4-6-17(22)13(14)3/h4-6,12,15-16,22H,7-11H2,1-3H3/t15-,16+/m1/s1. The van der Waals surface area contributed by atoms with Crippen LogP contribution in [0.3, 0.4) is 0 Å². The number of piperazine rings is 1. The number of carbonyl (C=O) groups is 2. The van der Waals surface area contributed by atoms with Crippen LogP contribution in [-0.4, -0.2) is 71.8 Å². The second-order valence-corrected chi connectivity index (χ2v) is 10.00. The molecule has 0 radical (unpaired) electrons. The molecular formula is C19H26N2O5S. The Morgan fingerprint density at radius 2 is 1.74 bits per heavy atom. The van der Waals surface area contributed by atoms with Crippen molar-refractivity contribution in [3.63, 3.8) is 0 Å². The smallest absolute Gasteiger partial charge is 0.254 e. The zero-order valence-electron chi connectivity index (χ0n) is 15.9. The molecule has 2 aliphatic rings. The second-order valence-electron chi connectivity index (χ2n) is 7.84. The maximum absolute atomic E-state index is 13.1. The van der Waals surface area contributed by atoms with Crippen LogP contribution in [0, 0.1) is 12.8 Å². The molecule has 2 aliphatic heterocycles. The van der Waals surface area contributed by atoms with Gasteiger partial charge in [0.15, 0.2) is 9.84 Å². The van der Waals surface area contributed by atoms with Gasteiger partial charge in [0.2, 0.25) is 5.91 Å². The van der Waals surface area contributed by atoms with E-state index >= 15 is 0 Å². The summed E-state index contributed by atoms with van der Waals surface area (Å²) >= 11 is 0. The third-order valence-corrected chi connectivity index (χ3v) is 7.07. The van der Waals surface area contributed by atoms with Gasteiger partial charge in [-0.2, -0.15) is 0 Å². The Kier molecular flexibility index (Phi) is 5.20. The predicted octanol–water partition coefficient (Wildman–Crippen LogP) is 1.20. The molecular weight excluding hydrogens is 368 g/mol. The molecule has 2 amide bonds. The normalized spacial score (nSPS) is 24.1. The van der Waals surface area contributed by atoms with Gasteiger partial charge in [0.1, 0.15) is 5.75 Å². The maximum Gasteiger partial charge on any atom is 0.254 e. The summed E-state index contributed by atoms with van der Waals surface area (Å²) in [6.07, 6.45) is 0.364. The van der Waals surface area contributed by atoms with Gasteiger partial charge in [-0.05, 0) is 25.0 Å². The SMILES string of the molecule is Cc1c(O)cccc1C(=O)N1CCN(C(=O)CC(C)C)[C@@H]2CS(=O)(=O)C[C@@H]21. The van der Waals surface area contributed by atoms with Crippen molar-refractivity contribution in [3.05, 3.63) is 29.3 Å². The second kappa shape index (κ2) is 7.14. The van der Waals surface area contributed by atoms with Gasteiger partial charge in [0, 0.05) is 30.6 Å².